The van der Waals surface area contributed by atoms with Crippen molar-refractivity contribution in [1.82, 2.24) is 19.6 Å². The fraction of sp³-hybridized carbons (Fsp3) is 0.625. The molecule has 1 saturated carbocycles. The molecule has 0 saturated heterocycles. The van der Waals surface area contributed by atoms with E-state index < -0.39 is 0 Å². The van der Waals surface area contributed by atoms with E-state index in [2.05, 4.69) is 65.7 Å². The predicted octanol–water partition coefficient (Wildman–Crippen LogP) is 3.79. The van der Waals surface area contributed by atoms with Crippen LogP contribution in [0.2, 0.25) is 0 Å². The predicted molar refractivity (Wildman–Crippen MR) is 84.6 cm³/mol. The molecule has 3 rings (SSSR count). The van der Waals surface area contributed by atoms with E-state index in [1.165, 1.54) is 24.1 Å². The molecule has 21 heavy (non-hydrogen) atoms. The maximum Gasteiger partial charge on any atom is 0.0828 e. The number of nitrogens with zero attached hydrogens (tertiary/aromatic N) is 4. The van der Waals surface area contributed by atoms with Crippen molar-refractivity contribution in [2.75, 3.05) is 5.32 Å². The molecular formula is C16H25N5. The molecule has 1 unspecified atom stereocenters. The van der Waals surface area contributed by atoms with Crippen molar-refractivity contribution in [2.24, 2.45) is 0 Å². The minimum Gasteiger partial charge on any atom is -0.375 e. The Morgan fingerprint density at radius 1 is 1.24 bits per heavy atom. The second-order valence-electron chi connectivity index (χ2n) is 6.44. The topological polar surface area (TPSA) is 47.7 Å². The summed E-state index contributed by atoms with van der Waals surface area (Å²) in [6.45, 7) is 10.7. The summed E-state index contributed by atoms with van der Waals surface area (Å²) in [6, 6.07) is 1.25. The molecule has 0 amide bonds. The molecule has 0 spiro atoms. The number of hydrogen-bond donors (Lipinski definition) is 1. The fourth-order valence-corrected chi connectivity index (χ4v) is 2.79. The lowest BCUT2D eigenvalue weighted by Crippen LogP contribution is -2.09. The van der Waals surface area contributed by atoms with E-state index in [-0.39, 0.29) is 6.04 Å². The molecule has 1 aliphatic rings. The summed E-state index contributed by atoms with van der Waals surface area (Å²) in [5.74, 6) is 0. The van der Waals surface area contributed by atoms with Gasteiger partial charge in [-0.15, -0.1) is 0 Å². The average molecular weight is 287 g/mol. The maximum atomic E-state index is 4.63. The Labute approximate surface area is 126 Å². The van der Waals surface area contributed by atoms with Crippen LogP contribution in [0.5, 0.6) is 0 Å². The van der Waals surface area contributed by atoms with Gasteiger partial charge in [0.1, 0.15) is 0 Å². The summed E-state index contributed by atoms with van der Waals surface area (Å²) in [5.41, 5.74) is 4.64. The molecule has 1 aliphatic carbocycles. The lowest BCUT2D eigenvalue weighted by atomic mass is 10.1. The first kappa shape index (κ1) is 14.2. The maximum absolute atomic E-state index is 4.63. The number of rotatable bonds is 5. The van der Waals surface area contributed by atoms with Gasteiger partial charge in [-0.3, -0.25) is 9.36 Å². The molecule has 5 heteroatoms. The second-order valence-corrected chi connectivity index (χ2v) is 6.44. The van der Waals surface area contributed by atoms with Crippen molar-refractivity contribution in [3.05, 3.63) is 29.3 Å². The number of nitrogens with one attached hydrogen (secondary N) is 1. The average Bonchev–Trinajstić information content (AvgIpc) is 3.10. The van der Waals surface area contributed by atoms with Gasteiger partial charge in [0.15, 0.2) is 0 Å². The highest BCUT2D eigenvalue weighted by Gasteiger charge is 2.25. The molecule has 0 radical (unpaired) electrons. The molecular weight excluding hydrogens is 262 g/mol. The van der Waals surface area contributed by atoms with Crippen molar-refractivity contribution < 1.29 is 0 Å². The molecule has 0 aliphatic heterocycles. The van der Waals surface area contributed by atoms with Crippen LogP contribution in [0.15, 0.2) is 12.4 Å². The van der Waals surface area contributed by atoms with Gasteiger partial charge in [-0.05, 0) is 47.5 Å². The number of anilines is 1. The number of aromatic nitrogens is 4. The summed E-state index contributed by atoms with van der Waals surface area (Å²) >= 11 is 0. The fourth-order valence-electron chi connectivity index (χ4n) is 2.79. The third-order valence-corrected chi connectivity index (χ3v) is 4.22. The molecule has 1 N–H and O–H groups in total. The zero-order chi connectivity index (χ0) is 15.1. The van der Waals surface area contributed by atoms with Crippen LogP contribution in [0.25, 0.3) is 0 Å². The van der Waals surface area contributed by atoms with Gasteiger partial charge >= 0.3 is 0 Å². The lowest BCUT2D eigenvalue weighted by Gasteiger charge is -2.15. The molecule has 114 valence electrons. The Morgan fingerprint density at radius 2 is 1.95 bits per heavy atom. The third kappa shape index (κ3) is 2.69. The standard InChI is InChI=1S/C16H25N5/c1-10(2)21-13(5)16(12(4)19-21)18-11(3)14-8-17-20(9-14)15-6-7-15/h8-11,15,18H,6-7H2,1-5H3. The SMILES string of the molecule is Cc1nn(C(C)C)c(C)c1NC(C)c1cnn(C2CC2)c1. The van der Waals surface area contributed by atoms with E-state index in [1.54, 1.807) is 0 Å². The van der Waals surface area contributed by atoms with Gasteiger partial charge in [-0.2, -0.15) is 10.2 Å². The van der Waals surface area contributed by atoms with E-state index in [9.17, 15) is 0 Å². The van der Waals surface area contributed by atoms with E-state index in [0.717, 1.165) is 11.4 Å². The number of hydrogen-bond acceptors (Lipinski definition) is 3. The van der Waals surface area contributed by atoms with Crippen LogP contribution in [0, 0.1) is 13.8 Å². The Hall–Kier alpha value is -1.78. The van der Waals surface area contributed by atoms with Gasteiger partial charge in [0.05, 0.1) is 35.4 Å². The smallest absolute Gasteiger partial charge is 0.0828 e. The first-order chi connectivity index (χ1) is 9.97. The van der Waals surface area contributed by atoms with E-state index >= 15 is 0 Å². The minimum absolute atomic E-state index is 0.236. The highest BCUT2D eigenvalue weighted by molar-refractivity contribution is 5.53. The first-order valence-electron chi connectivity index (χ1n) is 7.83. The summed E-state index contributed by atoms with van der Waals surface area (Å²) in [7, 11) is 0. The van der Waals surface area contributed by atoms with Crippen LogP contribution in [0.1, 0.15) is 68.7 Å². The molecule has 2 heterocycles. The molecule has 0 bridgehead atoms. The van der Waals surface area contributed by atoms with Crippen LogP contribution >= 0.6 is 0 Å². The summed E-state index contributed by atoms with van der Waals surface area (Å²) in [5, 5.41) is 12.7. The Bertz CT molecular complexity index is 633. The second kappa shape index (κ2) is 5.20. The van der Waals surface area contributed by atoms with Gasteiger partial charge in [0.2, 0.25) is 0 Å². The zero-order valence-corrected chi connectivity index (χ0v) is 13.6. The third-order valence-electron chi connectivity index (χ3n) is 4.22. The van der Waals surface area contributed by atoms with Crippen molar-refractivity contribution >= 4 is 5.69 Å². The summed E-state index contributed by atoms with van der Waals surface area (Å²) in [4.78, 5) is 0. The van der Waals surface area contributed by atoms with Crippen molar-refractivity contribution in [1.29, 1.82) is 0 Å². The largest absolute Gasteiger partial charge is 0.375 e. The lowest BCUT2D eigenvalue weighted by molar-refractivity contribution is 0.516. The van der Waals surface area contributed by atoms with Crippen molar-refractivity contribution in [3.63, 3.8) is 0 Å². The zero-order valence-electron chi connectivity index (χ0n) is 13.6. The Balaban J connectivity index is 1.78. The van der Waals surface area contributed by atoms with Crippen LogP contribution in [-0.2, 0) is 0 Å². The molecule has 2 aromatic rings. The van der Waals surface area contributed by atoms with Gasteiger partial charge in [-0.1, -0.05) is 0 Å². The Morgan fingerprint density at radius 3 is 2.52 bits per heavy atom. The normalized spacial score (nSPS) is 16.5. The van der Waals surface area contributed by atoms with E-state index in [4.69, 9.17) is 0 Å². The van der Waals surface area contributed by atoms with Crippen molar-refractivity contribution in [3.8, 4) is 0 Å². The molecule has 1 fully saturated rings. The monoisotopic (exact) mass is 287 g/mol. The number of aryl methyl sites for hydroxylation is 1. The van der Waals surface area contributed by atoms with Crippen LogP contribution in [0.4, 0.5) is 5.69 Å². The summed E-state index contributed by atoms with van der Waals surface area (Å²) < 4.78 is 4.18. The van der Waals surface area contributed by atoms with E-state index in [0.29, 0.717) is 12.1 Å². The van der Waals surface area contributed by atoms with Gasteiger partial charge in [-0.25, -0.2) is 0 Å². The highest BCUT2D eigenvalue weighted by atomic mass is 15.3. The van der Waals surface area contributed by atoms with E-state index in [1.807, 2.05) is 6.20 Å². The van der Waals surface area contributed by atoms with Crippen LogP contribution < -0.4 is 5.32 Å². The van der Waals surface area contributed by atoms with Gasteiger partial charge < -0.3 is 5.32 Å². The van der Waals surface area contributed by atoms with Gasteiger partial charge in [0, 0.05) is 17.8 Å². The van der Waals surface area contributed by atoms with Gasteiger partial charge in [0.25, 0.3) is 0 Å². The van der Waals surface area contributed by atoms with Crippen LogP contribution in [0.3, 0.4) is 0 Å². The highest BCUT2D eigenvalue weighted by Crippen LogP contribution is 2.35. The Kier molecular flexibility index (Phi) is 3.51. The molecule has 0 aromatic carbocycles. The quantitative estimate of drug-likeness (QED) is 0.910. The summed E-state index contributed by atoms with van der Waals surface area (Å²) in [6.07, 6.45) is 6.69. The molecule has 2 aromatic heterocycles. The van der Waals surface area contributed by atoms with Crippen LogP contribution in [-0.4, -0.2) is 19.6 Å². The first-order valence-corrected chi connectivity index (χ1v) is 7.83. The molecule has 5 nitrogen and oxygen atoms in total. The van der Waals surface area contributed by atoms with Crippen molar-refractivity contribution in [2.45, 2.75) is 65.6 Å². The minimum atomic E-state index is 0.236. The molecule has 1 atom stereocenters.